The number of ether oxygens (including phenoxy) is 1. The summed E-state index contributed by atoms with van der Waals surface area (Å²) in [6, 6.07) is 4.79. The molecule has 2 aromatic rings. The molecule has 0 fully saturated rings. The van der Waals surface area contributed by atoms with Gasteiger partial charge in [-0.1, -0.05) is 15.9 Å². The molecular weight excluding hydrogens is 276 g/mol. The number of hydrogen-bond donors (Lipinski definition) is 1. The number of furan rings is 1. The highest BCUT2D eigenvalue weighted by Gasteiger charge is 2.15. The van der Waals surface area contributed by atoms with Crippen molar-refractivity contribution in [1.29, 1.82) is 0 Å². The second-order valence-corrected chi connectivity index (χ2v) is 4.09. The van der Waals surface area contributed by atoms with Crippen LogP contribution in [0.2, 0.25) is 0 Å². The Hall–Kier alpha value is -1.49. The highest BCUT2D eigenvalue weighted by molar-refractivity contribution is 9.10. The number of phenols is 1. The maximum atomic E-state index is 11.4. The Morgan fingerprint density at radius 2 is 2.25 bits per heavy atom. The quantitative estimate of drug-likeness (QED) is 0.861. The largest absolute Gasteiger partial charge is 0.504 e. The normalized spacial score (nSPS) is 10.6. The summed E-state index contributed by atoms with van der Waals surface area (Å²) in [5, 5.41) is 10.2. The van der Waals surface area contributed by atoms with Gasteiger partial charge in [0.15, 0.2) is 11.3 Å². The molecule has 84 valence electrons. The van der Waals surface area contributed by atoms with Crippen LogP contribution in [-0.2, 0) is 4.74 Å². The molecule has 1 aromatic carbocycles. The van der Waals surface area contributed by atoms with Gasteiger partial charge in [-0.3, -0.25) is 0 Å². The van der Waals surface area contributed by atoms with Crippen LogP contribution in [-0.4, -0.2) is 17.7 Å². The van der Waals surface area contributed by atoms with Gasteiger partial charge in [0.05, 0.1) is 6.61 Å². The Kier molecular flexibility index (Phi) is 2.87. The summed E-state index contributed by atoms with van der Waals surface area (Å²) in [6.45, 7) is 2.00. The third-order valence-electron chi connectivity index (χ3n) is 2.04. The summed E-state index contributed by atoms with van der Waals surface area (Å²) in [4.78, 5) is 11.4. The summed E-state index contributed by atoms with van der Waals surface area (Å²) in [5.41, 5.74) is 0.284. The maximum Gasteiger partial charge on any atom is 0.374 e. The van der Waals surface area contributed by atoms with Crippen molar-refractivity contribution in [3.63, 3.8) is 0 Å². The lowest BCUT2D eigenvalue weighted by molar-refractivity contribution is 0.0492. The Morgan fingerprint density at radius 3 is 2.94 bits per heavy atom. The third-order valence-corrected chi connectivity index (χ3v) is 2.50. The molecule has 1 N–H and O–H groups in total. The average molecular weight is 285 g/mol. The lowest BCUT2D eigenvalue weighted by atomic mass is 10.2. The predicted molar refractivity (Wildman–Crippen MR) is 61.5 cm³/mol. The van der Waals surface area contributed by atoms with Gasteiger partial charge < -0.3 is 14.3 Å². The fraction of sp³-hybridized carbons (Fsp3) is 0.182. The molecule has 1 aromatic heterocycles. The number of aromatic hydroxyl groups is 1. The molecule has 0 saturated heterocycles. The number of esters is 1. The smallest absolute Gasteiger partial charge is 0.374 e. The molecule has 0 aliphatic rings. The van der Waals surface area contributed by atoms with Crippen molar-refractivity contribution in [3.05, 3.63) is 28.4 Å². The average Bonchev–Trinajstić information content (AvgIpc) is 2.62. The van der Waals surface area contributed by atoms with Gasteiger partial charge in [-0.25, -0.2) is 4.79 Å². The minimum Gasteiger partial charge on any atom is -0.504 e. The van der Waals surface area contributed by atoms with Gasteiger partial charge in [-0.05, 0) is 25.1 Å². The van der Waals surface area contributed by atoms with Crippen LogP contribution in [0.15, 0.2) is 27.1 Å². The van der Waals surface area contributed by atoms with E-state index in [1.54, 1.807) is 13.0 Å². The van der Waals surface area contributed by atoms with Crippen LogP contribution in [0, 0.1) is 0 Å². The molecule has 4 nitrogen and oxygen atoms in total. The number of carbonyl (C=O) groups is 1. The van der Waals surface area contributed by atoms with Crippen molar-refractivity contribution < 1.29 is 19.1 Å². The Balaban J connectivity index is 2.51. The summed E-state index contributed by atoms with van der Waals surface area (Å²) >= 11 is 3.24. The SMILES string of the molecule is CCOC(=O)c1cc2cc(Br)cc(O)c2o1. The van der Waals surface area contributed by atoms with Gasteiger partial charge >= 0.3 is 5.97 Å². The van der Waals surface area contributed by atoms with Crippen molar-refractivity contribution >= 4 is 32.9 Å². The molecular formula is C11H9BrO4. The number of rotatable bonds is 2. The Bertz CT molecular complexity index is 544. The van der Waals surface area contributed by atoms with Crippen LogP contribution in [0.5, 0.6) is 5.75 Å². The van der Waals surface area contributed by atoms with E-state index >= 15 is 0 Å². The first-order valence-corrected chi connectivity index (χ1v) is 5.50. The van der Waals surface area contributed by atoms with E-state index in [2.05, 4.69) is 15.9 Å². The molecule has 5 heteroatoms. The fourth-order valence-corrected chi connectivity index (χ4v) is 1.87. The van der Waals surface area contributed by atoms with Crippen LogP contribution < -0.4 is 0 Å². The number of carbonyl (C=O) groups excluding carboxylic acids is 1. The number of halogens is 1. The molecule has 0 atom stereocenters. The minimum absolute atomic E-state index is 0.0140. The first-order valence-electron chi connectivity index (χ1n) is 4.71. The fourth-order valence-electron chi connectivity index (χ4n) is 1.40. The number of fused-ring (bicyclic) bond motifs is 1. The zero-order valence-electron chi connectivity index (χ0n) is 8.49. The van der Waals surface area contributed by atoms with E-state index in [1.807, 2.05) is 0 Å². The van der Waals surface area contributed by atoms with Crippen molar-refractivity contribution in [1.82, 2.24) is 0 Å². The maximum absolute atomic E-state index is 11.4. The van der Waals surface area contributed by atoms with Gasteiger partial charge in [0.1, 0.15) is 0 Å². The molecule has 2 rings (SSSR count). The predicted octanol–water partition coefficient (Wildman–Crippen LogP) is 3.08. The second-order valence-electron chi connectivity index (χ2n) is 3.17. The Morgan fingerprint density at radius 1 is 1.50 bits per heavy atom. The first kappa shape index (κ1) is 11.0. The van der Waals surface area contributed by atoms with E-state index in [4.69, 9.17) is 9.15 Å². The lowest BCUT2D eigenvalue weighted by Gasteiger charge is -1.96. The van der Waals surface area contributed by atoms with Gasteiger partial charge in [0, 0.05) is 9.86 Å². The third kappa shape index (κ3) is 1.90. The van der Waals surface area contributed by atoms with Gasteiger partial charge in [-0.2, -0.15) is 0 Å². The molecule has 16 heavy (non-hydrogen) atoms. The zero-order valence-corrected chi connectivity index (χ0v) is 10.1. The van der Waals surface area contributed by atoms with E-state index in [1.165, 1.54) is 12.1 Å². The lowest BCUT2D eigenvalue weighted by Crippen LogP contribution is -2.02. The van der Waals surface area contributed by atoms with Crippen LogP contribution >= 0.6 is 15.9 Å². The molecule has 0 radical (unpaired) electrons. The van der Waals surface area contributed by atoms with Crippen molar-refractivity contribution in [2.24, 2.45) is 0 Å². The van der Waals surface area contributed by atoms with Gasteiger partial charge in [0.25, 0.3) is 0 Å². The van der Waals surface area contributed by atoms with E-state index in [0.717, 1.165) is 0 Å². The molecule has 0 aliphatic carbocycles. The molecule has 0 bridgehead atoms. The minimum atomic E-state index is -0.533. The summed E-state index contributed by atoms with van der Waals surface area (Å²) in [5.74, 6) is -0.459. The van der Waals surface area contributed by atoms with Crippen molar-refractivity contribution in [2.75, 3.05) is 6.61 Å². The molecule has 0 saturated carbocycles. The monoisotopic (exact) mass is 284 g/mol. The zero-order chi connectivity index (χ0) is 11.7. The van der Waals surface area contributed by atoms with E-state index in [0.29, 0.717) is 9.86 Å². The number of benzene rings is 1. The van der Waals surface area contributed by atoms with Crippen LogP contribution in [0.4, 0.5) is 0 Å². The highest BCUT2D eigenvalue weighted by Crippen LogP contribution is 2.31. The van der Waals surface area contributed by atoms with E-state index in [9.17, 15) is 9.90 Å². The van der Waals surface area contributed by atoms with Crippen molar-refractivity contribution in [2.45, 2.75) is 6.92 Å². The molecule has 0 amide bonds. The van der Waals surface area contributed by atoms with Gasteiger partial charge in [-0.15, -0.1) is 0 Å². The Labute approximate surface area is 99.9 Å². The van der Waals surface area contributed by atoms with E-state index in [-0.39, 0.29) is 23.7 Å². The van der Waals surface area contributed by atoms with Crippen LogP contribution in [0.1, 0.15) is 17.5 Å². The second kappa shape index (κ2) is 4.17. The van der Waals surface area contributed by atoms with Crippen molar-refractivity contribution in [3.8, 4) is 5.75 Å². The standard InChI is InChI=1S/C11H9BrO4/c1-2-15-11(14)9-4-6-3-7(12)5-8(13)10(6)16-9/h3-5,13H,2H2,1H3. The first-order chi connectivity index (χ1) is 7.61. The van der Waals surface area contributed by atoms with E-state index < -0.39 is 5.97 Å². The molecule has 1 heterocycles. The summed E-state index contributed by atoms with van der Waals surface area (Å²) < 4.78 is 10.7. The molecule has 0 spiro atoms. The molecule has 0 aliphatic heterocycles. The summed E-state index contributed by atoms with van der Waals surface area (Å²) in [6.07, 6.45) is 0. The van der Waals surface area contributed by atoms with Crippen LogP contribution in [0.3, 0.4) is 0 Å². The number of phenolic OH excluding ortho intramolecular Hbond substituents is 1. The molecule has 0 unspecified atom stereocenters. The number of hydrogen-bond acceptors (Lipinski definition) is 4. The van der Waals surface area contributed by atoms with Crippen LogP contribution in [0.25, 0.3) is 11.0 Å². The topological polar surface area (TPSA) is 59.7 Å². The summed E-state index contributed by atoms with van der Waals surface area (Å²) in [7, 11) is 0. The highest BCUT2D eigenvalue weighted by atomic mass is 79.9. The van der Waals surface area contributed by atoms with Gasteiger partial charge in [0.2, 0.25) is 5.76 Å².